The van der Waals surface area contributed by atoms with Gasteiger partial charge in [-0.2, -0.15) is 0 Å². The molecule has 0 amide bonds. The number of benzene rings is 3. The molecule has 0 aliphatic rings. The predicted molar refractivity (Wildman–Crippen MR) is 121 cm³/mol. The van der Waals surface area contributed by atoms with Crippen molar-refractivity contribution in [2.24, 2.45) is 0 Å². The van der Waals surface area contributed by atoms with Crippen molar-refractivity contribution in [3.63, 3.8) is 0 Å². The van der Waals surface area contributed by atoms with Crippen LogP contribution >= 0.6 is 0 Å². The van der Waals surface area contributed by atoms with E-state index in [1.165, 1.54) is 44.3 Å². The first kappa shape index (κ1) is 19.1. The molecule has 3 heteroatoms. The highest BCUT2D eigenvalue weighted by molar-refractivity contribution is 6.96. The molecule has 3 rings (SSSR count). The first-order chi connectivity index (χ1) is 12.7. The summed E-state index contributed by atoms with van der Waals surface area (Å²) in [5.74, 6) is 0. The Labute approximate surface area is 163 Å². The third-order valence-corrected chi connectivity index (χ3v) is 5.39. The van der Waals surface area contributed by atoms with Crippen LogP contribution in [0.25, 0.3) is 0 Å². The molecule has 0 saturated heterocycles. The van der Waals surface area contributed by atoms with Gasteiger partial charge >= 0.3 is 0 Å². The molecule has 138 valence electrons. The molecule has 0 saturated carbocycles. The van der Waals surface area contributed by atoms with Crippen molar-refractivity contribution < 1.29 is 0 Å². The highest BCUT2D eigenvalue weighted by atomic mass is 14.6. The fourth-order valence-corrected chi connectivity index (χ4v) is 4.64. The molecule has 0 aromatic heterocycles. The number of anilines is 2. The molecule has 3 aromatic carbocycles. The maximum absolute atomic E-state index is 6.17. The van der Waals surface area contributed by atoms with Gasteiger partial charge in [0.05, 0.1) is 0 Å². The van der Waals surface area contributed by atoms with Crippen LogP contribution in [-0.4, -0.2) is 6.71 Å². The molecule has 0 fully saturated rings. The van der Waals surface area contributed by atoms with Gasteiger partial charge in [0, 0.05) is 11.4 Å². The quantitative estimate of drug-likeness (QED) is 0.559. The van der Waals surface area contributed by atoms with Crippen molar-refractivity contribution in [3.8, 4) is 0 Å². The van der Waals surface area contributed by atoms with Crippen LogP contribution in [0.4, 0.5) is 11.4 Å². The first-order valence-corrected chi connectivity index (χ1v) is 9.48. The van der Waals surface area contributed by atoms with E-state index in [0.717, 1.165) is 5.46 Å². The van der Waals surface area contributed by atoms with Crippen molar-refractivity contribution in [1.82, 2.24) is 0 Å². The Morgan fingerprint density at radius 2 is 0.852 bits per heavy atom. The van der Waals surface area contributed by atoms with Gasteiger partial charge in [-0.3, -0.25) is 0 Å². The van der Waals surface area contributed by atoms with E-state index in [4.69, 9.17) is 11.5 Å². The van der Waals surface area contributed by atoms with Crippen molar-refractivity contribution in [3.05, 3.63) is 75.8 Å². The van der Waals surface area contributed by atoms with E-state index >= 15 is 0 Å². The zero-order valence-corrected chi connectivity index (χ0v) is 17.3. The van der Waals surface area contributed by atoms with Gasteiger partial charge in [-0.05, 0) is 59.7 Å². The van der Waals surface area contributed by atoms with E-state index in [9.17, 15) is 0 Å². The molecular weight excluding hydrogens is 327 g/mol. The lowest BCUT2D eigenvalue weighted by Crippen LogP contribution is -2.56. The molecule has 0 unspecified atom stereocenters. The Morgan fingerprint density at radius 3 is 1.19 bits per heavy atom. The van der Waals surface area contributed by atoms with Gasteiger partial charge in [-0.15, -0.1) is 0 Å². The molecule has 27 heavy (non-hydrogen) atoms. The molecule has 0 aliphatic carbocycles. The Balaban J connectivity index is 2.39. The lowest BCUT2D eigenvalue weighted by atomic mass is 9.34. The normalized spacial score (nSPS) is 10.9. The van der Waals surface area contributed by atoms with Gasteiger partial charge in [-0.1, -0.05) is 74.0 Å². The van der Waals surface area contributed by atoms with E-state index < -0.39 is 0 Å². The third-order valence-electron chi connectivity index (χ3n) is 5.39. The number of nitrogens with two attached hydrogens (primary N) is 2. The minimum atomic E-state index is 0.108. The second-order valence-corrected chi connectivity index (χ2v) is 7.99. The maximum Gasteiger partial charge on any atom is 0.242 e. The monoisotopic (exact) mass is 356 g/mol. The summed E-state index contributed by atoms with van der Waals surface area (Å²) in [6, 6.07) is 15.0. The SMILES string of the molecule is Cc1cc(C)c(B(c2cc(N)cc(N)c2)c2c(C)cc(C)cc2C)c(C)c1. The Hall–Kier alpha value is -2.68. The molecule has 0 atom stereocenters. The van der Waals surface area contributed by atoms with E-state index in [0.29, 0.717) is 11.4 Å². The average molecular weight is 356 g/mol. The lowest BCUT2D eigenvalue weighted by Gasteiger charge is -2.25. The molecule has 2 nitrogen and oxygen atoms in total. The van der Waals surface area contributed by atoms with E-state index in [-0.39, 0.29) is 6.71 Å². The van der Waals surface area contributed by atoms with Gasteiger partial charge in [0.15, 0.2) is 0 Å². The second kappa shape index (κ2) is 7.15. The van der Waals surface area contributed by atoms with Crippen LogP contribution in [0.3, 0.4) is 0 Å². The van der Waals surface area contributed by atoms with Crippen LogP contribution in [0.15, 0.2) is 42.5 Å². The first-order valence-electron chi connectivity index (χ1n) is 9.48. The zero-order chi connectivity index (χ0) is 19.9. The predicted octanol–water partition coefficient (Wildman–Crippen LogP) is 3.22. The van der Waals surface area contributed by atoms with Crippen molar-refractivity contribution in [2.75, 3.05) is 11.5 Å². The Kier molecular flexibility index (Phi) is 5.06. The molecule has 4 N–H and O–H groups in total. The standard InChI is InChI=1S/C24H29BN2/c1-14-7-16(3)23(17(4)8-14)25(20-11-21(26)13-22(27)12-20)24-18(5)9-15(2)10-19(24)6/h7-13H,26-27H2,1-6H3. The largest absolute Gasteiger partial charge is 0.399 e. The van der Waals surface area contributed by atoms with Gasteiger partial charge in [-0.25, -0.2) is 0 Å². The molecular formula is C24H29BN2. The molecule has 0 bridgehead atoms. The highest BCUT2D eigenvalue weighted by Gasteiger charge is 2.28. The zero-order valence-electron chi connectivity index (χ0n) is 17.3. The van der Waals surface area contributed by atoms with Gasteiger partial charge in [0.25, 0.3) is 0 Å². The molecule has 0 aliphatic heterocycles. The summed E-state index contributed by atoms with van der Waals surface area (Å²) in [4.78, 5) is 0. The van der Waals surface area contributed by atoms with Crippen LogP contribution in [0.1, 0.15) is 33.4 Å². The fraction of sp³-hybridized carbons (Fsp3) is 0.250. The molecule has 0 radical (unpaired) electrons. The highest BCUT2D eigenvalue weighted by Crippen LogP contribution is 2.15. The summed E-state index contributed by atoms with van der Waals surface area (Å²) in [5.41, 5.74) is 25.4. The maximum atomic E-state index is 6.17. The van der Waals surface area contributed by atoms with Crippen LogP contribution in [0, 0.1) is 41.5 Å². The van der Waals surface area contributed by atoms with E-state index in [1.54, 1.807) is 0 Å². The lowest BCUT2D eigenvalue weighted by molar-refractivity contribution is 1.34. The molecule has 0 spiro atoms. The van der Waals surface area contributed by atoms with Crippen LogP contribution in [0.5, 0.6) is 0 Å². The van der Waals surface area contributed by atoms with E-state index in [2.05, 4.69) is 77.9 Å². The van der Waals surface area contributed by atoms with Gasteiger partial charge < -0.3 is 11.5 Å². The third kappa shape index (κ3) is 3.73. The van der Waals surface area contributed by atoms with Crippen molar-refractivity contribution in [2.45, 2.75) is 41.5 Å². The number of aryl methyl sites for hydroxylation is 6. The van der Waals surface area contributed by atoms with Gasteiger partial charge in [0.2, 0.25) is 6.71 Å². The summed E-state index contributed by atoms with van der Waals surface area (Å²) in [6.45, 7) is 13.2. The van der Waals surface area contributed by atoms with Crippen LogP contribution in [0.2, 0.25) is 0 Å². The molecule has 0 heterocycles. The van der Waals surface area contributed by atoms with Gasteiger partial charge in [0.1, 0.15) is 0 Å². The minimum absolute atomic E-state index is 0.108. The summed E-state index contributed by atoms with van der Waals surface area (Å²) in [7, 11) is 0. The average Bonchev–Trinajstić information content (AvgIpc) is 2.50. The fourth-order valence-electron chi connectivity index (χ4n) is 4.64. The Morgan fingerprint density at radius 1 is 0.519 bits per heavy atom. The van der Waals surface area contributed by atoms with Crippen molar-refractivity contribution in [1.29, 1.82) is 0 Å². The topological polar surface area (TPSA) is 52.0 Å². The minimum Gasteiger partial charge on any atom is -0.399 e. The number of nitrogen functional groups attached to an aromatic ring is 2. The number of rotatable bonds is 3. The van der Waals surface area contributed by atoms with Crippen LogP contribution in [-0.2, 0) is 0 Å². The summed E-state index contributed by atoms with van der Waals surface area (Å²) >= 11 is 0. The van der Waals surface area contributed by atoms with Crippen molar-refractivity contribution >= 4 is 34.5 Å². The summed E-state index contributed by atoms with van der Waals surface area (Å²) in [5, 5.41) is 0. The molecule has 3 aromatic rings. The summed E-state index contributed by atoms with van der Waals surface area (Å²) in [6.07, 6.45) is 0. The number of hydrogen-bond donors (Lipinski definition) is 2. The van der Waals surface area contributed by atoms with E-state index in [1.807, 2.05) is 6.07 Å². The second-order valence-electron chi connectivity index (χ2n) is 7.99. The Bertz CT molecular complexity index is 897. The smallest absolute Gasteiger partial charge is 0.242 e. The number of hydrogen-bond acceptors (Lipinski definition) is 2. The summed E-state index contributed by atoms with van der Waals surface area (Å²) < 4.78 is 0. The van der Waals surface area contributed by atoms with Crippen LogP contribution < -0.4 is 27.9 Å².